The molecule has 234 valence electrons. The van der Waals surface area contributed by atoms with Gasteiger partial charge in [0.15, 0.2) is 0 Å². The molecule has 0 radical (unpaired) electrons. The summed E-state index contributed by atoms with van der Waals surface area (Å²) in [6.07, 6.45) is -0.243. The van der Waals surface area contributed by atoms with Crippen LogP contribution in [0, 0.1) is 0 Å². The van der Waals surface area contributed by atoms with E-state index < -0.39 is 66.5 Å². The summed E-state index contributed by atoms with van der Waals surface area (Å²) in [6.45, 7) is 0.429. The quantitative estimate of drug-likeness (QED) is 0.0821. The van der Waals surface area contributed by atoms with Gasteiger partial charge in [-0.1, -0.05) is 42.5 Å². The Kier molecular flexibility index (Phi) is 15.0. The minimum atomic E-state index is -1.43. The highest BCUT2D eigenvalue weighted by molar-refractivity contribution is 7.80. The van der Waals surface area contributed by atoms with E-state index in [-0.39, 0.29) is 31.6 Å². The number of nitrogens with one attached hydrogen (secondary N) is 4. The van der Waals surface area contributed by atoms with Crippen LogP contribution in [0.25, 0.3) is 10.8 Å². The number of aliphatic carboxylic acids is 2. The van der Waals surface area contributed by atoms with Crippen LogP contribution in [0.15, 0.2) is 42.5 Å². The first-order chi connectivity index (χ1) is 20.5. The molecule has 2 aromatic rings. The van der Waals surface area contributed by atoms with Gasteiger partial charge in [-0.2, -0.15) is 12.6 Å². The highest BCUT2D eigenvalue weighted by Gasteiger charge is 2.30. The summed E-state index contributed by atoms with van der Waals surface area (Å²) in [5.74, 6) is -5.13. The molecule has 0 aliphatic heterocycles. The Morgan fingerprint density at radius 1 is 0.744 bits per heavy atom. The van der Waals surface area contributed by atoms with Crippen molar-refractivity contribution < 1.29 is 39.0 Å². The fourth-order valence-electron chi connectivity index (χ4n) is 4.33. The number of hydrogen-bond acceptors (Lipinski definition) is 8. The second-order valence-corrected chi connectivity index (χ2v) is 10.3. The molecule has 14 heteroatoms. The van der Waals surface area contributed by atoms with Crippen molar-refractivity contribution >= 4 is 59.0 Å². The number of thiol groups is 1. The Bertz CT molecular complexity index is 1290. The van der Waals surface area contributed by atoms with E-state index in [0.717, 1.165) is 16.3 Å². The van der Waals surface area contributed by atoms with E-state index in [4.69, 9.17) is 10.8 Å². The van der Waals surface area contributed by atoms with E-state index in [9.17, 15) is 33.9 Å². The third kappa shape index (κ3) is 12.3. The van der Waals surface area contributed by atoms with Crippen molar-refractivity contribution in [2.24, 2.45) is 5.73 Å². The van der Waals surface area contributed by atoms with Crippen LogP contribution in [0.2, 0.25) is 0 Å². The molecule has 0 aliphatic rings. The van der Waals surface area contributed by atoms with E-state index in [1.807, 2.05) is 42.5 Å². The van der Waals surface area contributed by atoms with E-state index in [1.54, 1.807) is 0 Å². The van der Waals surface area contributed by atoms with Gasteiger partial charge in [0.05, 0.1) is 12.8 Å². The number of carbonyl (C=O) groups is 6. The fraction of sp³-hybridized carbons (Fsp3) is 0.448. The number of amides is 4. The first-order valence-electron chi connectivity index (χ1n) is 13.9. The molecule has 1 unspecified atom stereocenters. The third-order valence-electron chi connectivity index (χ3n) is 6.56. The number of benzene rings is 2. The maximum absolute atomic E-state index is 13.3. The average Bonchev–Trinajstić information content (AvgIpc) is 2.97. The number of rotatable bonds is 19. The minimum Gasteiger partial charge on any atom is -0.481 e. The molecule has 0 fully saturated rings. The third-order valence-corrected chi connectivity index (χ3v) is 6.82. The molecule has 2 aromatic carbocycles. The molecule has 13 nitrogen and oxygen atoms in total. The molecular weight excluding hydrogens is 578 g/mol. The van der Waals surface area contributed by atoms with Crippen LogP contribution >= 0.6 is 12.6 Å². The van der Waals surface area contributed by atoms with Gasteiger partial charge in [-0.25, -0.2) is 0 Å². The molecule has 8 N–H and O–H groups in total. The Morgan fingerprint density at radius 2 is 1.40 bits per heavy atom. The average molecular weight is 618 g/mol. The van der Waals surface area contributed by atoms with Gasteiger partial charge in [-0.3, -0.25) is 28.8 Å². The van der Waals surface area contributed by atoms with Crippen LogP contribution in [0.4, 0.5) is 0 Å². The van der Waals surface area contributed by atoms with E-state index in [2.05, 4.69) is 33.9 Å². The SMILES string of the molecule is NCCCCC(NC(=O)[C@H](CCS)NC(=O)CCC(=O)O)C(=O)N[C@@H](CC(=O)O)C(=O)NCc1cccc2ccccc12. The number of carbonyl (C=O) groups excluding carboxylic acids is 4. The number of carboxylic acids is 2. The molecule has 0 saturated carbocycles. The van der Waals surface area contributed by atoms with Gasteiger partial charge >= 0.3 is 11.9 Å². The lowest BCUT2D eigenvalue weighted by molar-refractivity contribution is -0.141. The predicted molar refractivity (Wildman–Crippen MR) is 162 cm³/mol. The van der Waals surface area contributed by atoms with Crippen LogP contribution in [0.1, 0.15) is 50.5 Å². The number of carboxylic acid groups (broad SMARTS) is 2. The molecule has 0 bridgehead atoms. The first-order valence-corrected chi connectivity index (χ1v) is 14.6. The zero-order valence-electron chi connectivity index (χ0n) is 23.7. The summed E-state index contributed by atoms with van der Waals surface area (Å²) in [6, 6.07) is 9.48. The van der Waals surface area contributed by atoms with Crippen molar-refractivity contribution in [2.45, 2.75) is 69.6 Å². The maximum atomic E-state index is 13.3. The Morgan fingerprint density at radius 3 is 2.05 bits per heavy atom. The van der Waals surface area contributed by atoms with Crippen LogP contribution in [-0.2, 0) is 35.3 Å². The fourth-order valence-corrected chi connectivity index (χ4v) is 4.59. The molecular formula is C29H39N5O8S. The second kappa shape index (κ2) is 18.4. The van der Waals surface area contributed by atoms with Gasteiger partial charge in [-0.05, 0) is 54.3 Å². The smallest absolute Gasteiger partial charge is 0.305 e. The van der Waals surface area contributed by atoms with Gasteiger partial charge in [0.25, 0.3) is 0 Å². The molecule has 0 saturated heterocycles. The summed E-state index contributed by atoms with van der Waals surface area (Å²) < 4.78 is 0. The van der Waals surface area contributed by atoms with Gasteiger partial charge in [0.2, 0.25) is 23.6 Å². The van der Waals surface area contributed by atoms with Crippen molar-refractivity contribution in [2.75, 3.05) is 12.3 Å². The van der Waals surface area contributed by atoms with Crippen molar-refractivity contribution in [3.8, 4) is 0 Å². The van der Waals surface area contributed by atoms with E-state index in [1.165, 1.54) is 0 Å². The lowest BCUT2D eigenvalue weighted by Crippen LogP contribution is -2.57. The Hall–Kier alpha value is -4.17. The monoisotopic (exact) mass is 617 g/mol. The van der Waals surface area contributed by atoms with Gasteiger partial charge in [0.1, 0.15) is 18.1 Å². The molecule has 0 heterocycles. The maximum Gasteiger partial charge on any atom is 0.305 e. The molecule has 2 rings (SSSR count). The first kappa shape index (κ1) is 35.0. The highest BCUT2D eigenvalue weighted by atomic mass is 32.1. The van der Waals surface area contributed by atoms with Crippen molar-refractivity contribution in [3.05, 3.63) is 48.0 Å². The summed E-state index contributed by atoms with van der Waals surface area (Å²) in [7, 11) is 0. The molecule has 3 atom stereocenters. The van der Waals surface area contributed by atoms with E-state index >= 15 is 0 Å². The molecule has 4 amide bonds. The topological polar surface area (TPSA) is 217 Å². The lowest BCUT2D eigenvalue weighted by Gasteiger charge is -2.25. The Labute approximate surface area is 254 Å². The molecule has 0 aliphatic carbocycles. The van der Waals surface area contributed by atoms with Crippen LogP contribution in [0.3, 0.4) is 0 Å². The van der Waals surface area contributed by atoms with E-state index in [0.29, 0.717) is 19.4 Å². The van der Waals surface area contributed by atoms with Gasteiger partial charge in [-0.15, -0.1) is 0 Å². The van der Waals surface area contributed by atoms with Crippen molar-refractivity contribution in [1.29, 1.82) is 0 Å². The summed E-state index contributed by atoms with van der Waals surface area (Å²) >= 11 is 4.11. The number of nitrogens with two attached hydrogens (primary N) is 1. The summed E-state index contributed by atoms with van der Waals surface area (Å²) in [4.78, 5) is 73.9. The van der Waals surface area contributed by atoms with Crippen molar-refractivity contribution in [1.82, 2.24) is 21.3 Å². The molecule has 43 heavy (non-hydrogen) atoms. The standard InChI is InChI=1S/C29H39N5O8S/c30-14-4-3-10-21(33-29(42)22(13-15-43)32-24(35)11-12-25(36)37)28(41)34-23(16-26(38)39)27(40)31-17-19-8-5-7-18-6-1-2-9-20(18)19/h1-2,5-9,21-23,43H,3-4,10-17,30H2,(H,31,40)(H,32,35)(H,33,42)(H,34,41)(H,36,37)(H,38,39)/t21?,22-,23-/m0/s1. The normalized spacial score (nSPS) is 12.9. The van der Waals surface area contributed by atoms with Gasteiger partial charge < -0.3 is 37.2 Å². The molecule has 0 spiro atoms. The predicted octanol–water partition coefficient (Wildman–Crippen LogP) is 0.699. The summed E-state index contributed by atoms with van der Waals surface area (Å²) in [5.41, 5.74) is 6.38. The van der Waals surface area contributed by atoms with Crippen LogP contribution in [0.5, 0.6) is 0 Å². The number of hydrogen-bond donors (Lipinski definition) is 8. The van der Waals surface area contributed by atoms with Crippen LogP contribution < -0.4 is 27.0 Å². The minimum absolute atomic E-state index is 0.0931. The second-order valence-electron chi connectivity index (χ2n) is 9.89. The van der Waals surface area contributed by atoms with Crippen molar-refractivity contribution in [3.63, 3.8) is 0 Å². The Balaban J connectivity index is 2.14. The highest BCUT2D eigenvalue weighted by Crippen LogP contribution is 2.18. The lowest BCUT2D eigenvalue weighted by atomic mass is 10.0. The van der Waals surface area contributed by atoms with Crippen LogP contribution in [-0.4, -0.2) is 76.2 Å². The zero-order valence-corrected chi connectivity index (χ0v) is 24.6. The molecule has 0 aromatic heterocycles. The zero-order chi connectivity index (χ0) is 31.8. The number of fused-ring (bicyclic) bond motifs is 1. The number of unbranched alkanes of at least 4 members (excludes halogenated alkanes) is 1. The summed E-state index contributed by atoms with van der Waals surface area (Å²) in [5, 5.41) is 30.3. The largest absolute Gasteiger partial charge is 0.481 e. The van der Waals surface area contributed by atoms with Gasteiger partial charge in [0, 0.05) is 13.0 Å².